The quantitative estimate of drug-likeness (QED) is 0.573. The summed E-state index contributed by atoms with van der Waals surface area (Å²) in [5.74, 6) is -0.136. The molecule has 0 fully saturated rings. The summed E-state index contributed by atoms with van der Waals surface area (Å²) in [6.45, 7) is 5.70. The highest BCUT2D eigenvalue weighted by Gasteiger charge is 2.12. The zero-order valence-electron chi connectivity index (χ0n) is 11.1. The topological polar surface area (TPSA) is 106 Å². The van der Waals surface area contributed by atoms with Gasteiger partial charge in [0.2, 0.25) is 5.96 Å². The molecule has 0 radical (unpaired) electrons. The van der Waals surface area contributed by atoms with Gasteiger partial charge in [-0.2, -0.15) is 4.99 Å². The van der Waals surface area contributed by atoms with Gasteiger partial charge in [0.25, 0.3) is 0 Å². The maximum atomic E-state index is 6.23. The molecule has 0 atom stereocenters. The SMILES string of the molecule is CCN(CC)c1c(Cl)cccc1N=C(N)N=C(N)N. The van der Waals surface area contributed by atoms with E-state index in [0.717, 1.165) is 18.8 Å². The lowest BCUT2D eigenvalue weighted by atomic mass is 10.2. The van der Waals surface area contributed by atoms with Gasteiger partial charge in [-0.15, -0.1) is 0 Å². The van der Waals surface area contributed by atoms with Gasteiger partial charge in [0.1, 0.15) is 0 Å². The second-order valence-corrected chi connectivity index (χ2v) is 4.19. The van der Waals surface area contributed by atoms with Crippen molar-refractivity contribution in [2.24, 2.45) is 27.2 Å². The molecule has 1 aromatic carbocycles. The van der Waals surface area contributed by atoms with Crippen LogP contribution in [0.2, 0.25) is 5.02 Å². The highest BCUT2D eigenvalue weighted by atomic mass is 35.5. The Morgan fingerprint density at radius 2 is 1.84 bits per heavy atom. The predicted octanol–water partition coefficient (Wildman–Crippen LogP) is 1.41. The van der Waals surface area contributed by atoms with Crippen molar-refractivity contribution in [3.8, 4) is 0 Å². The molecule has 0 heterocycles. The molecule has 104 valence electrons. The van der Waals surface area contributed by atoms with E-state index < -0.39 is 0 Å². The number of benzene rings is 1. The number of aliphatic imine (C=N–C) groups is 2. The lowest BCUT2D eigenvalue weighted by molar-refractivity contribution is 0.866. The van der Waals surface area contributed by atoms with E-state index >= 15 is 0 Å². The molecule has 0 unspecified atom stereocenters. The fraction of sp³-hybridized carbons (Fsp3) is 0.333. The molecule has 0 saturated heterocycles. The minimum absolute atomic E-state index is 0.00401. The van der Waals surface area contributed by atoms with E-state index in [4.69, 9.17) is 28.8 Å². The van der Waals surface area contributed by atoms with Gasteiger partial charge in [-0.05, 0) is 26.0 Å². The van der Waals surface area contributed by atoms with E-state index in [1.807, 2.05) is 26.0 Å². The standard InChI is InChI=1S/C12H19ClN6/c1-3-19(4-2)10-8(13)6-5-7-9(10)17-12(16)18-11(14)15/h5-7H,3-4H2,1-2H3,(H6,14,15,16,17,18). The minimum atomic E-state index is -0.132. The van der Waals surface area contributed by atoms with Crippen LogP contribution < -0.4 is 22.1 Å². The number of halogens is 1. The fourth-order valence-electron chi connectivity index (χ4n) is 1.73. The molecule has 1 rings (SSSR count). The number of para-hydroxylation sites is 1. The van der Waals surface area contributed by atoms with Gasteiger partial charge in [-0.25, -0.2) is 4.99 Å². The van der Waals surface area contributed by atoms with Gasteiger partial charge in [0, 0.05) is 13.1 Å². The van der Waals surface area contributed by atoms with Crippen LogP contribution in [0, 0.1) is 0 Å². The first-order valence-electron chi connectivity index (χ1n) is 5.96. The van der Waals surface area contributed by atoms with Crippen molar-refractivity contribution in [1.29, 1.82) is 0 Å². The van der Waals surface area contributed by atoms with Crippen LogP contribution in [-0.4, -0.2) is 25.0 Å². The average Bonchev–Trinajstić information content (AvgIpc) is 2.32. The van der Waals surface area contributed by atoms with E-state index in [1.165, 1.54) is 0 Å². The molecule has 7 heteroatoms. The van der Waals surface area contributed by atoms with Gasteiger partial charge in [0.15, 0.2) is 5.96 Å². The van der Waals surface area contributed by atoms with Crippen LogP contribution in [-0.2, 0) is 0 Å². The van der Waals surface area contributed by atoms with Gasteiger partial charge < -0.3 is 22.1 Å². The summed E-state index contributed by atoms with van der Waals surface area (Å²) < 4.78 is 0. The molecular formula is C12H19ClN6. The zero-order valence-corrected chi connectivity index (χ0v) is 11.9. The molecule has 0 aliphatic rings. The molecule has 0 aromatic heterocycles. The molecular weight excluding hydrogens is 264 g/mol. The van der Waals surface area contributed by atoms with Crippen molar-refractivity contribution in [2.75, 3.05) is 18.0 Å². The van der Waals surface area contributed by atoms with Crippen molar-refractivity contribution in [2.45, 2.75) is 13.8 Å². The predicted molar refractivity (Wildman–Crippen MR) is 82.1 cm³/mol. The Labute approximate surface area is 117 Å². The summed E-state index contributed by atoms with van der Waals surface area (Å²) in [6, 6.07) is 5.43. The van der Waals surface area contributed by atoms with Crippen LogP contribution in [0.15, 0.2) is 28.2 Å². The molecule has 0 aliphatic heterocycles. The normalized spacial score (nSPS) is 11.2. The Morgan fingerprint density at radius 1 is 1.21 bits per heavy atom. The Balaban J connectivity index is 3.28. The molecule has 0 spiro atoms. The Hall–Kier alpha value is -1.95. The molecule has 0 bridgehead atoms. The van der Waals surface area contributed by atoms with Crippen molar-refractivity contribution in [3.63, 3.8) is 0 Å². The number of hydrogen-bond donors (Lipinski definition) is 3. The van der Waals surface area contributed by atoms with E-state index in [-0.39, 0.29) is 11.9 Å². The number of nitrogens with zero attached hydrogens (tertiary/aromatic N) is 3. The first-order valence-corrected chi connectivity index (χ1v) is 6.34. The van der Waals surface area contributed by atoms with Crippen LogP contribution in [0.25, 0.3) is 0 Å². The van der Waals surface area contributed by atoms with Crippen LogP contribution in [0.5, 0.6) is 0 Å². The highest BCUT2D eigenvalue weighted by Crippen LogP contribution is 2.35. The van der Waals surface area contributed by atoms with Crippen molar-refractivity contribution in [1.82, 2.24) is 0 Å². The summed E-state index contributed by atoms with van der Waals surface area (Å²) in [5, 5.41) is 0.613. The smallest absolute Gasteiger partial charge is 0.223 e. The number of guanidine groups is 2. The summed E-state index contributed by atoms with van der Waals surface area (Å²) in [4.78, 5) is 9.98. The van der Waals surface area contributed by atoms with E-state index in [2.05, 4.69) is 14.9 Å². The summed E-state index contributed by atoms with van der Waals surface area (Å²) in [5.41, 5.74) is 17.6. The van der Waals surface area contributed by atoms with Crippen molar-refractivity contribution < 1.29 is 0 Å². The number of hydrogen-bond acceptors (Lipinski definition) is 2. The molecule has 0 amide bonds. The third-order valence-electron chi connectivity index (χ3n) is 2.52. The van der Waals surface area contributed by atoms with Crippen LogP contribution in [0.4, 0.5) is 11.4 Å². The Kier molecular flexibility index (Phi) is 5.44. The number of rotatable bonds is 4. The number of anilines is 1. The molecule has 0 aliphatic carbocycles. The van der Waals surface area contributed by atoms with Crippen LogP contribution >= 0.6 is 11.6 Å². The second kappa shape index (κ2) is 6.84. The van der Waals surface area contributed by atoms with Gasteiger partial charge in [-0.1, -0.05) is 17.7 Å². The number of nitrogens with two attached hydrogens (primary N) is 3. The van der Waals surface area contributed by atoms with E-state index in [0.29, 0.717) is 10.7 Å². The fourth-order valence-corrected chi connectivity index (χ4v) is 2.02. The monoisotopic (exact) mass is 282 g/mol. The summed E-state index contributed by atoms with van der Waals surface area (Å²) in [7, 11) is 0. The molecule has 0 saturated carbocycles. The lowest BCUT2D eigenvalue weighted by Gasteiger charge is -2.23. The van der Waals surface area contributed by atoms with Gasteiger partial charge >= 0.3 is 0 Å². The zero-order chi connectivity index (χ0) is 14.4. The third kappa shape index (κ3) is 4.03. The minimum Gasteiger partial charge on any atom is -0.370 e. The van der Waals surface area contributed by atoms with Crippen molar-refractivity contribution in [3.05, 3.63) is 23.2 Å². The molecule has 1 aromatic rings. The third-order valence-corrected chi connectivity index (χ3v) is 2.83. The average molecular weight is 283 g/mol. The first-order chi connectivity index (χ1) is 8.99. The Bertz CT molecular complexity index is 489. The van der Waals surface area contributed by atoms with E-state index in [9.17, 15) is 0 Å². The van der Waals surface area contributed by atoms with Gasteiger partial charge in [0.05, 0.1) is 16.4 Å². The lowest BCUT2D eigenvalue weighted by Crippen LogP contribution is -2.26. The van der Waals surface area contributed by atoms with Gasteiger partial charge in [-0.3, -0.25) is 0 Å². The molecule has 6 nitrogen and oxygen atoms in total. The molecule has 19 heavy (non-hydrogen) atoms. The van der Waals surface area contributed by atoms with Crippen LogP contribution in [0.1, 0.15) is 13.8 Å². The summed E-state index contributed by atoms with van der Waals surface area (Å²) in [6.07, 6.45) is 0. The first kappa shape index (κ1) is 15.1. The maximum absolute atomic E-state index is 6.23. The second-order valence-electron chi connectivity index (χ2n) is 3.79. The largest absolute Gasteiger partial charge is 0.370 e. The maximum Gasteiger partial charge on any atom is 0.223 e. The Morgan fingerprint density at radius 3 is 2.37 bits per heavy atom. The van der Waals surface area contributed by atoms with E-state index in [1.54, 1.807) is 6.07 Å². The summed E-state index contributed by atoms with van der Waals surface area (Å²) >= 11 is 6.23. The van der Waals surface area contributed by atoms with Crippen LogP contribution in [0.3, 0.4) is 0 Å². The highest BCUT2D eigenvalue weighted by molar-refractivity contribution is 6.34. The van der Waals surface area contributed by atoms with Crippen molar-refractivity contribution >= 4 is 34.9 Å². The molecule has 6 N–H and O–H groups in total.